The molecule has 0 spiro atoms. The highest BCUT2D eigenvalue weighted by Gasteiger charge is 2.21. The second-order valence-corrected chi connectivity index (χ2v) is 5.73. The summed E-state index contributed by atoms with van der Waals surface area (Å²) in [5, 5.41) is 7.28. The van der Waals surface area contributed by atoms with Crippen LogP contribution in [-0.4, -0.2) is 11.2 Å². The molecule has 0 saturated heterocycles. The molecular formula is C15H21FN2S. The predicted molar refractivity (Wildman–Crippen MR) is 80.4 cm³/mol. The minimum Gasteiger partial charge on any atom is -0.360 e. The van der Waals surface area contributed by atoms with E-state index >= 15 is 0 Å². The minimum atomic E-state index is -0.208. The fraction of sp³-hybridized carbons (Fsp3) is 0.533. The highest BCUT2D eigenvalue weighted by molar-refractivity contribution is 7.80. The zero-order chi connectivity index (χ0) is 13.7. The van der Waals surface area contributed by atoms with E-state index in [0.29, 0.717) is 23.6 Å². The minimum absolute atomic E-state index is 0.208. The number of nitrogens with one attached hydrogen (secondary N) is 2. The quantitative estimate of drug-likeness (QED) is 0.830. The Bertz CT molecular complexity index is 419. The number of hydrogen-bond acceptors (Lipinski definition) is 1. The van der Waals surface area contributed by atoms with Gasteiger partial charge in [-0.2, -0.15) is 0 Å². The first kappa shape index (κ1) is 14.3. The third kappa shape index (κ3) is 4.46. The summed E-state index contributed by atoms with van der Waals surface area (Å²) < 4.78 is 12.8. The number of thiocarbonyl (C=S) groups is 1. The van der Waals surface area contributed by atoms with Crippen molar-refractivity contribution in [1.29, 1.82) is 0 Å². The first-order valence-electron chi connectivity index (χ1n) is 6.94. The van der Waals surface area contributed by atoms with Gasteiger partial charge in [-0.3, -0.25) is 0 Å². The van der Waals surface area contributed by atoms with E-state index in [2.05, 4.69) is 17.6 Å². The van der Waals surface area contributed by atoms with Crippen LogP contribution in [0.4, 0.5) is 4.39 Å². The van der Waals surface area contributed by atoms with Gasteiger partial charge in [-0.05, 0) is 48.7 Å². The molecule has 4 heteroatoms. The van der Waals surface area contributed by atoms with Crippen LogP contribution in [0.25, 0.3) is 0 Å². The van der Waals surface area contributed by atoms with E-state index in [1.54, 1.807) is 12.1 Å². The molecule has 2 rings (SSSR count). The molecule has 2 nitrogen and oxygen atoms in total. The summed E-state index contributed by atoms with van der Waals surface area (Å²) in [4.78, 5) is 0. The van der Waals surface area contributed by atoms with Crippen molar-refractivity contribution in [2.24, 2.45) is 5.92 Å². The fourth-order valence-corrected chi connectivity index (χ4v) is 2.76. The Hall–Kier alpha value is -1.16. The van der Waals surface area contributed by atoms with Gasteiger partial charge in [0.2, 0.25) is 0 Å². The summed E-state index contributed by atoms with van der Waals surface area (Å²) in [6, 6.07) is 6.97. The molecule has 1 saturated carbocycles. The first-order chi connectivity index (χ1) is 9.15. The number of hydrogen-bond donors (Lipinski definition) is 2. The van der Waals surface area contributed by atoms with E-state index in [0.717, 1.165) is 5.56 Å². The van der Waals surface area contributed by atoms with Gasteiger partial charge in [0.05, 0.1) is 0 Å². The summed E-state index contributed by atoms with van der Waals surface area (Å²) in [6.07, 6.45) is 5.08. The number of rotatable bonds is 3. The maximum Gasteiger partial charge on any atom is 0.166 e. The lowest BCUT2D eigenvalue weighted by Gasteiger charge is -2.30. The normalized spacial score (nSPS) is 22.8. The molecule has 0 aromatic heterocycles. The molecule has 1 fully saturated rings. The molecule has 1 aromatic carbocycles. The lowest BCUT2D eigenvalue weighted by Crippen LogP contribution is -2.45. The highest BCUT2D eigenvalue weighted by Crippen LogP contribution is 2.23. The Labute approximate surface area is 119 Å². The van der Waals surface area contributed by atoms with Crippen LogP contribution in [0.2, 0.25) is 0 Å². The van der Waals surface area contributed by atoms with Gasteiger partial charge in [0.25, 0.3) is 0 Å². The lowest BCUT2D eigenvalue weighted by atomic mass is 9.86. The fourth-order valence-electron chi connectivity index (χ4n) is 2.53. The Kier molecular flexibility index (Phi) is 5.14. The molecule has 2 atom stereocenters. The SMILES string of the molecule is C[C@H]1CCCC[C@@H]1NC(=S)NCc1ccc(F)cc1. The third-order valence-corrected chi connectivity index (χ3v) is 4.06. The summed E-state index contributed by atoms with van der Waals surface area (Å²) >= 11 is 5.32. The van der Waals surface area contributed by atoms with Crippen LogP contribution in [0.1, 0.15) is 38.2 Å². The van der Waals surface area contributed by atoms with Crippen LogP contribution < -0.4 is 10.6 Å². The molecule has 19 heavy (non-hydrogen) atoms. The van der Waals surface area contributed by atoms with E-state index in [9.17, 15) is 4.39 Å². The molecule has 0 bridgehead atoms. The maximum absolute atomic E-state index is 12.8. The summed E-state index contributed by atoms with van der Waals surface area (Å²) in [5.74, 6) is 0.472. The third-order valence-electron chi connectivity index (χ3n) is 3.79. The van der Waals surface area contributed by atoms with Crippen LogP contribution in [-0.2, 0) is 6.54 Å². The van der Waals surface area contributed by atoms with Crippen LogP contribution >= 0.6 is 12.2 Å². The lowest BCUT2D eigenvalue weighted by molar-refractivity contribution is 0.308. The van der Waals surface area contributed by atoms with E-state index < -0.39 is 0 Å². The summed E-state index contributed by atoms with van der Waals surface area (Å²) in [7, 11) is 0. The standard InChI is InChI=1S/C15H21FN2S/c1-11-4-2-3-5-14(11)18-15(19)17-10-12-6-8-13(16)9-7-12/h6-9,11,14H,2-5,10H2,1H3,(H2,17,18,19)/t11-,14-/m0/s1. The van der Waals surface area contributed by atoms with Crippen molar-refractivity contribution >= 4 is 17.3 Å². The summed E-state index contributed by atoms with van der Waals surface area (Å²) in [6.45, 7) is 2.91. The molecule has 1 aliphatic carbocycles. The first-order valence-corrected chi connectivity index (χ1v) is 7.35. The van der Waals surface area contributed by atoms with Gasteiger partial charge >= 0.3 is 0 Å². The molecule has 0 aliphatic heterocycles. The molecule has 0 heterocycles. The maximum atomic E-state index is 12.8. The smallest absolute Gasteiger partial charge is 0.166 e. The predicted octanol–water partition coefficient (Wildman–Crippen LogP) is 3.37. The largest absolute Gasteiger partial charge is 0.360 e. The van der Waals surface area contributed by atoms with E-state index in [-0.39, 0.29) is 5.82 Å². The van der Waals surface area contributed by atoms with Crippen LogP contribution in [0.3, 0.4) is 0 Å². The number of halogens is 1. The van der Waals surface area contributed by atoms with Gasteiger partial charge in [-0.15, -0.1) is 0 Å². The van der Waals surface area contributed by atoms with Gasteiger partial charge in [0, 0.05) is 12.6 Å². The van der Waals surface area contributed by atoms with E-state index in [1.807, 2.05) is 0 Å². The van der Waals surface area contributed by atoms with Crippen molar-refractivity contribution in [3.63, 3.8) is 0 Å². The molecule has 0 amide bonds. The van der Waals surface area contributed by atoms with Crippen LogP contribution in [0.5, 0.6) is 0 Å². The zero-order valence-corrected chi connectivity index (χ0v) is 12.1. The molecular weight excluding hydrogens is 259 g/mol. The number of benzene rings is 1. The van der Waals surface area contributed by atoms with Crippen molar-refractivity contribution in [2.75, 3.05) is 0 Å². The van der Waals surface area contributed by atoms with Crippen LogP contribution in [0, 0.1) is 11.7 Å². The van der Waals surface area contributed by atoms with Gasteiger partial charge in [0.15, 0.2) is 5.11 Å². The Morgan fingerprint density at radius 3 is 2.63 bits per heavy atom. The van der Waals surface area contributed by atoms with Gasteiger partial charge < -0.3 is 10.6 Å². The van der Waals surface area contributed by atoms with Crippen molar-refractivity contribution in [2.45, 2.75) is 45.2 Å². The summed E-state index contributed by atoms with van der Waals surface area (Å²) in [5.41, 5.74) is 1.03. The second-order valence-electron chi connectivity index (χ2n) is 5.32. The Morgan fingerprint density at radius 1 is 1.26 bits per heavy atom. The topological polar surface area (TPSA) is 24.1 Å². The van der Waals surface area contributed by atoms with Gasteiger partial charge in [-0.25, -0.2) is 4.39 Å². The average Bonchev–Trinajstić information content (AvgIpc) is 2.41. The Morgan fingerprint density at radius 2 is 1.95 bits per heavy atom. The van der Waals surface area contributed by atoms with Gasteiger partial charge in [0.1, 0.15) is 5.82 Å². The zero-order valence-electron chi connectivity index (χ0n) is 11.3. The highest BCUT2D eigenvalue weighted by atomic mass is 32.1. The van der Waals surface area contributed by atoms with E-state index in [4.69, 9.17) is 12.2 Å². The van der Waals surface area contributed by atoms with Crippen molar-refractivity contribution in [1.82, 2.24) is 10.6 Å². The molecule has 1 aliphatic rings. The average molecular weight is 280 g/mol. The van der Waals surface area contributed by atoms with Gasteiger partial charge in [-0.1, -0.05) is 31.9 Å². The molecule has 0 radical (unpaired) electrons. The van der Waals surface area contributed by atoms with E-state index in [1.165, 1.54) is 37.8 Å². The van der Waals surface area contributed by atoms with Crippen molar-refractivity contribution in [3.05, 3.63) is 35.6 Å². The molecule has 1 aromatic rings. The van der Waals surface area contributed by atoms with Crippen molar-refractivity contribution in [3.8, 4) is 0 Å². The monoisotopic (exact) mass is 280 g/mol. The van der Waals surface area contributed by atoms with Crippen molar-refractivity contribution < 1.29 is 4.39 Å². The molecule has 2 N–H and O–H groups in total. The molecule has 0 unspecified atom stereocenters. The second kappa shape index (κ2) is 6.85. The molecule has 104 valence electrons. The Balaban J connectivity index is 1.76. The van der Waals surface area contributed by atoms with Crippen LogP contribution in [0.15, 0.2) is 24.3 Å².